The number of aliphatic hydroxyl groups excluding tert-OH is 1. The lowest BCUT2D eigenvalue weighted by molar-refractivity contribution is 0.0202. The Hall–Kier alpha value is -0.120. The van der Waals surface area contributed by atoms with Gasteiger partial charge in [-0.05, 0) is 18.8 Å². The van der Waals surface area contributed by atoms with Crippen molar-refractivity contribution in [2.45, 2.75) is 46.0 Å². The molecule has 1 saturated carbocycles. The minimum atomic E-state index is 0.221. The molecule has 1 heterocycles. The van der Waals surface area contributed by atoms with Crippen molar-refractivity contribution in [1.82, 2.24) is 9.80 Å². The van der Waals surface area contributed by atoms with Gasteiger partial charge in [0, 0.05) is 51.3 Å². The lowest BCUT2D eigenvalue weighted by atomic mass is 9.74. The molecule has 2 aliphatic rings. The fourth-order valence-electron chi connectivity index (χ4n) is 3.79. The molecule has 3 heteroatoms. The number of aliphatic hydroxyl groups is 1. The van der Waals surface area contributed by atoms with Crippen molar-refractivity contribution in [3.8, 4) is 0 Å². The van der Waals surface area contributed by atoms with Gasteiger partial charge in [0.05, 0.1) is 0 Å². The van der Waals surface area contributed by atoms with Gasteiger partial charge in [-0.1, -0.05) is 33.1 Å². The Labute approximate surface area is 119 Å². The first-order valence-corrected chi connectivity index (χ1v) is 8.19. The second kappa shape index (κ2) is 7.05. The van der Waals surface area contributed by atoms with Crippen molar-refractivity contribution in [3.63, 3.8) is 0 Å². The summed E-state index contributed by atoms with van der Waals surface area (Å²) in [5, 5.41) is 9.81. The second-order valence-electron chi connectivity index (χ2n) is 7.19. The van der Waals surface area contributed by atoms with E-state index < -0.39 is 0 Å². The zero-order chi connectivity index (χ0) is 13.7. The predicted octanol–water partition coefficient (Wildman–Crippen LogP) is 2.20. The lowest BCUT2D eigenvalue weighted by Crippen LogP contribution is -2.51. The van der Waals surface area contributed by atoms with E-state index in [0.29, 0.717) is 6.61 Å². The minimum absolute atomic E-state index is 0.221. The summed E-state index contributed by atoms with van der Waals surface area (Å²) in [5.41, 5.74) is 0.221. The molecule has 0 aromatic heterocycles. The van der Waals surface area contributed by atoms with Crippen molar-refractivity contribution in [2.24, 2.45) is 11.3 Å². The Balaban J connectivity index is 1.77. The Bertz CT molecular complexity index is 253. The van der Waals surface area contributed by atoms with E-state index in [1.54, 1.807) is 0 Å². The molecule has 2 rings (SSSR count). The molecule has 0 spiro atoms. The monoisotopic (exact) mass is 268 g/mol. The van der Waals surface area contributed by atoms with Gasteiger partial charge in [-0.15, -0.1) is 0 Å². The van der Waals surface area contributed by atoms with E-state index >= 15 is 0 Å². The molecule has 0 amide bonds. The van der Waals surface area contributed by atoms with Crippen LogP contribution in [0, 0.1) is 11.3 Å². The molecule has 1 N–H and O–H groups in total. The molecular weight excluding hydrogens is 236 g/mol. The molecule has 0 aromatic carbocycles. The standard InChI is InChI=1S/C16H32N2O/c1-15(2)12-17-8-10-18(11-9-17)13-16(14-19)6-4-3-5-7-16/h15,19H,3-14H2,1-2H3. The SMILES string of the molecule is CC(C)CN1CCN(CC2(CO)CCCCC2)CC1. The first-order valence-electron chi connectivity index (χ1n) is 8.19. The fourth-order valence-corrected chi connectivity index (χ4v) is 3.79. The fraction of sp³-hybridized carbons (Fsp3) is 1.00. The average molecular weight is 268 g/mol. The molecule has 2 fully saturated rings. The number of hydrogen-bond acceptors (Lipinski definition) is 3. The maximum atomic E-state index is 9.81. The van der Waals surface area contributed by atoms with Crippen molar-refractivity contribution >= 4 is 0 Å². The van der Waals surface area contributed by atoms with Crippen LogP contribution in [0.2, 0.25) is 0 Å². The zero-order valence-electron chi connectivity index (χ0n) is 12.9. The Kier molecular flexibility index (Phi) is 5.67. The van der Waals surface area contributed by atoms with Gasteiger partial charge in [-0.3, -0.25) is 0 Å². The van der Waals surface area contributed by atoms with Gasteiger partial charge >= 0.3 is 0 Å². The molecule has 1 saturated heterocycles. The van der Waals surface area contributed by atoms with E-state index in [4.69, 9.17) is 0 Å². The third kappa shape index (κ3) is 4.44. The number of piperazine rings is 1. The normalized spacial score (nSPS) is 25.9. The number of nitrogens with zero attached hydrogens (tertiary/aromatic N) is 2. The summed E-state index contributed by atoms with van der Waals surface area (Å²) in [5.74, 6) is 0.772. The van der Waals surface area contributed by atoms with E-state index in [0.717, 1.165) is 12.5 Å². The summed E-state index contributed by atoms with van der Waals surface area (Å²) in [6.45, 7) is 12.1. The maximum Gasteiger partial charge on any atom is 0.0499 e. The Morgan fingerprint density at radius 3 is 2.05 bits per heavy atom. The Morgan fingerprint density at radius 1 is 0.947 bits per heavy atom. The van der Waals surface area contributed by atoms with Crippen molar-refractivity contribution in [1.29, 1.82) is 0 Å². The highest BCUT2D eigenvalue weighted by atomic mass is 16.3. The second-order valence-corrected chi connectivity index (χ2v) is 7.19. The topological polar surface area (TPSA) is 26.7 Å². The highest BCUT2D eigenvalue weighted by Gasteiger charge is 2.34. The molecule has 112 valence electrons. The molecule has 3 nitrogen and oxygen atoms in total. The van der Waals surface area contributed by atoms with Crippen LogP contribution in [0.25, 0.3) is 0 Å². The van der Waals surface area contributed by atoms with E-state index in [-0.39, 0.29) is 5.41 Å². The molecule has 1 aliphatic carbocycles. The quantitative estimate of drug-likeness (QED) is 0.828. The van der Waals surface area contributed by atoms with Gasteiger partial charge in [0.2, 0.25) is 0 Å². The zero-order valence-corrected chi connectivity index (χ0v) is 12.9. The molecule has 0 bridgehead atoms. The molecular formula is C16H32N2O. The van der Waals surface area contributed by atoms with E-state index in [1.807, 2.05) is 0 Å². The maximum absolute atomic E-state index is 9.81. The van der Waals surface area contributed by atoms with E-state index in [2.05, 4.69) is 23.6 Å². The summed E-state index contributed by atoms with van der Waals surface area (Å²) in [6, 6.07) is 0. The third-order valence-corrected chi connectivity index (χ3v) is 4.90. The van der Waals surface area contributed by atoms with E-state index in [9.17, 15) is 5.11 Å². The van der Waals surface area contributed by atoms with Crippen LogP contribution in [-0.4, -0.2) is 60.8 Å². The van der Waals surface area contributed by atoms with Gasteiger partial charge in [0.25, 0.3) is 0 Å². The third-order valence-electron chi connectivity index (χ3n) is 4.90. The van der Waals surface area contributed by atoms with Crippen LogP contribution in [0.15, 0.2) is 0 Å². The summed E-state index contributed by atoms with van der Waals surface area (Å²) in [7, 11) is 0. The van der Waals surface area contributed by atoms with Crippen LogP contribution >= 0.6 is 0 Å². The lowest BCUT2D eigenvalue weighted by Gasteiger charge is -2.43. The van der Waals surface area contributed by atoms with Crippen LogP contribution in [0.4, 0.5) is 0 Å². The van der Waals surface area contributed by atoms with Gasteiger partial charge in [0.15, 0.2) is 0 Å². The van der Waals surface area contributed by atoms with Crippen molar-refractivity contribution in [2.75, 3.05) is 45.9 Å². The van der Waals surface area contributed by atoms with E-state index in [1.165, 1.54) is 64.8 Å². The van der Waals surface area contributed by atoms with Gasteiger partial charge < -0.3 is 14.9 Å². The molecule has 0 unspecified atom stereocenters. The Morgan fingerprint density at radius 2 is 1.53 bits per heavy atom. The van der Waals surface area contributed by atoms with Crippen LogP contribution in [0.5, 0.6) is 0 Å². The van der Waals surface area contributed by atoms with Gasteiger partial charge in [-0.2, -0.15) is 0 Å². The molecule has 0 radical (unpaired) electrons. The number of rotatable bonds is 5. The highest BCUT2D eigenvalue weighted by Crippen LogP contribution is 2.36. The summed E-state index contributed by atoms with van der Waals surface area (Å²) < 4.78 is 0. The summed E-state index contributed by atoms with van der Waals surface area (Å²) >= 11 is 0. The van der Waals surface area contributed by atoms with Gasteiger partial charge in [-0.25, -0.2) is 0 Å². The minimum Gasteiger partial charge on any atom is -0.396 e. The predicted molar refractivity (Wildman–Crippen MR) is 80.3 cm³/mol. The van der Waals surface area contributed by atoms with Crippen LogP contribution in [-0.2, 0) is 0 Å². The first-order chi connectivity index (χ1) is 9.13. The van der Waals surface area contributed by atoms with Gasteiger partial charge in [0.1, 0.15) is 0 Å². The smallest absolute Gasteiger partial charge is 0.0499 e. The molecule has 0 atom stereocenters. The van der Waals surface area contributed by atoms with Crippen molar-refractivity contribution < 1.29 is 5.11 Å². The highest BCUT2D eigenvalue weighted by molar-refractivity contribution is 4.87. The summed E-state index contributed by atoms with van der Waals surface area (Å²) in [6.07, 6.45) is 6.46. The number of hydrogen-bond donors (Lipinski definition) is 1. The van der Waals surface area contributed by atoms with Crippen LogP contribution in [0.1, 0.15) is 46.0 Å². The van der Waals surface area contributed by atoms with Crippen LogP contribution in [0.3, 0.4) is 0 Å². The first kappa shape index (κ1) is 15.3. The molecule has 0 aromatic rings. The molecule has 1 aliphatic heterocycles. The summed E-state index contributed by atoms with van der Waals surface area (Å²) in [4.78, 5) is 5.19. The largest absolute Gasteiger partial charge is 0.396 e. The average Bonchev–Trinajstić information content (AvgIpc) is 2.41. The van der Waals surface area contributed by atoms with Crippen molar-refractivity contribution in [3.05, 3.63) is 0 Å². The van der Waals surface area contributed by atoms with Crippen LogP contribution < -0.4 is 0 Å². The molecule has 19 heavy (non-hydrogen) atoms.